The van der Waals surface area contributed by atoms with Crippen LogP contribution in [0.3, 0.4) is 0 Å². The van der Waals surface area contributed by atoms with Crippen LogP contribution >= 0.6 is 12.6 Å². The lowest BCUT2D eigenvalue weighted by Crippen LogP contribution is -2.37. The third-order valence-corrected chi connectivity index (χ3v) is 4.73. The highest BCUT2D eigenvalue weighted by Gasteiger charge is 2.25. The van der Waals surface area contributed by atoms with Crippen molar-refractivity contribution in [1.29, 1.82) is 0 Å². The van der Waals surface area contributed by atoms with Crippen molar-refractivity contribution in [2.24, 2.45) is 0 Å². The first-order chi connectivity index (χ1) is 12.1. The van der Waals surface area contributed by atoms with E-state index in [1.807, 2.05) is 12.1 Å². The van der Waals surface area contributed by atoms with Gasteiger partial charge >= 0.3 is 0 Å². The molecule has 1 fully saturated rings. The molecule has 0 spiro atoms. The van der Waals surface area contributed by atoms with Gasteiger partial charge in [-0.25, -0.2) is 0 Å². The van der Waals surface area contributed by atoms with Gasteiger partial charge in [0.1, 0.15) is 5.75 Å². The maximum Gasteiger partial charge on any atom is 0.257 e. The van der Waals surface area contributed by atoms with E-state index < -0.39 is 0 Å². The second kappa shape index (κ2) is 7.61. The van der Waals surface area contributed by atoms with E-state index in [1.165, 1.54) is 6.07 Å². The van der Waals surface area contributed by atoms with E-state index in [2.05, 4.69) is 12.6 Å². The number of phenolic OH excluding ortho intramolecular Hbond substituents is 1. The molecule has 1 saturated heterocycles. The topological polar surface area (TPSA) is 60.9 Å². The van der Waals surface area contributed by atoms with Crippen LogP contribution in [0.5, 0.6) is 5.75 Å². The van der Waals surface area contributed by atoms with Gasteiger partial charge in [-0.15, -0.1) is 12.6 Å². The maximum atomic E-state index is 12.7. The van der Waals surface area contributed by atoms with Crippen molar-refractivity contribution in [3.05, 3.63) is 59.7 Å². The number of nitrogens with zero attached hydrogens (tertiary/aromatic N) is 2. The Morgan fingerprint density at radius 2 is 1.32 bits per heavy atom. The minimum atomic E-state index is -0.206. The minimum Gasteiger partial charge on any atom is -0.507 e. The molecular formula is C19H20N2O3S. The third kappa shape index (κ3) is 3.79. The van der Waals surface area contributed by atoms with Crippen LogP contribution in [0.2, 0.25) is 0 Å². The van der Waals surface area contributed by atoms with Crippen molar-refractivity contribution in [1.82, 2.24) is 9.80 Å². The summed E-state index contributed by atoms with van der Waals surface area (Å²) in [5.74, 6) is -0.293. The molecule has 0 atom stereocenters. The Labute approximate surface area is 152 Å². The summed E-state index contributed by atoms with van der Waals surface area (Å²) < 4.78 is 0. The van der Waals surface area contributed by atoms with Crippen LogP contribution in [0.15, 0.2) is 53.4 Å². The Bertz CT molecular complexity index is 728. The first-order valence-corrected chi connectivity index (χ1v) is 8.67. The predicted octanol–water partition coefficient (Wildman–Crippen LogP) is 2.67. The molecule has 2 aromatic carbocycles. The summed E-state index contributed by atoms with van der Waals surface area (Å²) in [6.45, 7) is 2.04. The number of benzene rings is 2. The maximum absolute atomic E-state index is 12.7. The number of thiol groups is 1. The van der Waals surface area contributed by atoms with Crippen LogP contribution < -0.4 is 0 Å². The lowest BCUT2D eigenvalue weighted by atomic mass is 10.1. The average Bonchev–Trinajstić information content (AvgIpc) is 2.87. The molecule has 130 valence electrons. The summed E-state index contributed by atoms with van der Waals surface area (Å²) in [6.07, 6.45) is 0.694. The summed E-state index contributed by atoms with van der Waals surface area (Å²) >= 11 is 4.35. The van der Waals surface area contributed by atoms with Gasteiger partial charge in [-0.2, -0.15) is 0 Å². The van der Waals surface area contributed by atoms with Gasteiger partial charge < -0.3 is 14.9 Å². The van der Waals surface area contributed by atoms with Crippen molar-refractivity contribution in [3.8, 4) is 5.75 Å². The fourth-order valence-corrected chi connectivity index (χ4v) is 3.23. The predicted molar refractivity (Wildman–Crippen MR) is 98.2 cm³/mol. The largest absolute Gasteiger partial charge is 0.507 e. The number of para-hydroxylation sites is 1. The Kier molecular flexibility index (Phi) is 5.28. The van der Waals surface area contributed by atoms with E-state index in [9.17, 15) is 14.7 Å². The van der Waals surface area contributed by atoms with E-state index in [1.54, 1.807) is 40.1 Å². The zero-order valence-electron chi connectivity index (χ0n) is 13.8. The zero-order valence-corrected chi connectivity index (χ0v) is 14.7. The van der Waals surface area contributed by atoms with E-state index >= 15 is 0 Å². The normalized spacial score (nSPS) is 14.9. The number of rotatable bonds is 2. The molecule has 1 aliphatic heterocycles. The number of carbonyl (C=O) groups is 2. The summed E-state index contributed by atoms with van der Waals surface area (Å²) in [6, 6.07) is 13.7. The molecule has 1 aliphatic rings. The fraction of sp³-hybridized carbons (Fsp3) is 0.263. The minimum absolute atomic E-state index is 0.0197. The van der Waals surface area contributed by atoms with Crippen LogP contribution in [0, 0.1) is 0 Å². The average molecular weight is 356 g/mol. The van der Waals surface area contributed by atoms with E-state index in [0.717, 1.165) is 0 Å². The standard InChI is InChI=1S/C19H20N2O3S/c22-16-8-3-1-6-14(16)18(23)20-10-5-11-21(13-12-20)19(24)15-7-2-4-9-17(15)25/h1-4,6-9,22,25H,5,10-13H2. The molecule has 0 aliphatic carbocycles. The molecule has 2 amide bonds. The van der Waals surface area contributed by atoms with Crippen LogP contribution in [0.1, 0.15) is 27.1 Å². The quantitative estimate of drug-likeness (QED) is 0.814. The fourth-order valence-electron chi connectivity index (χ4n) is 2.97. The van der Waals surface area contributed by atoms with E-state index in [4.69, 9.17) is 0 Å². The molecule has 0 bridgehead atoms. The highest BCUT2D eigenvalue weighted by molar-refractivity contribution is 7.80. The third-order valence-electron chi connectivity index (χ3n) is 4.34. The van der Waals surface area contributed by atoms with Gasteiger partial charge in [0.2, 0.25) is 0 Å². The molecular weight excluding hydrogens is 336 g/mol. The lowest BCUT2D eigenvalue weighted by Gasteiger charge is -2.23. The monoisotopic (exact) mass is 356 g/mol. The number of hydrogen-bond donors (Lipinski definition) is 2. The molecule has 0 radical (unpaired) electrons. The second-order valence-corrected chi connectivity index (χ2v) is 6.45. The number of aromatic hydroxyl groups is 1. The van der Waals surface area contributed by atoms with E-state index in [-0.39, 0.29) is 17.6 Å². The Morgan fingerprint density at radius 3 is 1.92 bits per heavy atom. The Balaban J connectivity index is 1.70. The zero-order chi connectivity index (χ0) is 17.8. The molecule has 5 nitrogen and oxygen atoms in total. The van der Waals surface area contributed by atoms with Gasteiger partial charge in [-0.05, 0) is 30.7 Å². The van der Waals surface area contributed by atoms with Crippen LogP contribution in [0.4, 0.5) is 0 Å². The molecule has 1 heterocycles. The van der Waals surface area contributed by atoms with Crippen molar-refractivity contribution in [2.45, 2.75) is 11.3 Å². The summed E-state index contributed by atoms with van der Waals surface area (Å²) in [7, 11) is 0. The van der Waals surface area contributed by atoms with Crippen LogP contribution in [0.25, 0.3) is 0 Å². The van der Waals surface area contributed by atoms with Gasteiger partial charge in [0.05, 0.1) is 11.1 Å². The lowest BCUT2D eigenvalue weighted by molar-refractivity contribution is 0.0715. The summed E-state index contributed by atoms with van der Waals surface area (Å²) in [5, 5.41) is 9.88. The van der Waals surface area contributed by atoms with Crippen molar-refractivity contribution in [2.75, 3.05) is 26.2 Å². The number of hydrogen-bond acceptors (Lipinski definition) is 4. The Hall–Kier alpha value is -2.47. The van der Waals surface area contributed by atoms with Crippen LogP contribution in [-0.2, 0) is 0 Å². The molecule has 3 rings (SSSR count). The molecule has 0 saturated carbocycles. The van der Waals surface area contributed by atoms with Crippen molar-refractivity contribution >= 4 is 24.4 Å². The highest BCUT2D eigenvalue weighted by atomic mass is 32.1. The SMILES string of the molecule is O=C(c1ccccc1O)N1CCCN(C(=O)c2ccccc2S)CC1. The molecule has 25 heavy (non-hydrogen) atoms. The molecule has 0 aromatic heterocycles. The molecule has 1 N–H and O–H groups in total. The summed E-state index contributed by atoms with van der Waals surface area (Å²) in [4.78, 5) is 29.4. The first kappa shape index (κ1) is 17.4. The van der Waals surface area contributed by atoms with Crippen molar-refractivity contribution < 1.29 is 14.7 Å². The Morgan fingerprint density at radius 1 is 0.800 bits per heavy atom. The smallest absolute Gasteiger partial charge is 0.257 e. The molecule has 6 heteroatoms. The molecule has 0 unspecified atom stereocenters. The van der Waals surface area contributed by atoms with Gasteiger partial charge in [-0.1, -0.05) is 24.3 Å². The number of carbonyl (C=O) groups excluding carboxylic acids is 2. The van der Waals surface area contributed by atoms with Gasteiger partial charge in [-0.3, -0.25) is 9.59 Å². The molecule has 2 aromatic rings. The van der Waals surface area contributed by atoms with Gasteiger partial charge in [0.15, 0.2) is 0 Å². The summed E-state index contributed by atoms with van der Waals surface area (Å²) in [5.41, 5.74) is 0.870. The van der Waals surface area contributed by atoms with Crippen molar-refractivity contribution in [3.63, 3.8) is 0 Å². The van der Waals surface area contributed by atoms with Gasteiger partial charge in [0, 0.05) is 31.1 Å². The first-order valence-electron chi connectivity index (χ1n) is 8.22. The number of amides is 2. The number of phenols is 1. The second-order valence-electron chi connectivity index (χ2n) is 5.97. The van der Waals surface area contributed by atoms with Crippen LogP contribution in [-0.4, -0.2) is 52.9 Å². The highest BCUT2D eigenvalue weighted by Crippen LogP contribution is 2.20. The van der Waals surface area contributed by atoms with Gasteiger partial charge in [0.25, 0.3) is 11.8 Å². The van der Waals surface area contributed by atoms with E-state index in [0.29, 0.717) is 48.6 Å².